The fourth-order valence-corrected chi connectivity index (χ4v) is 7.34. The van der Waals surface area contributed by atoms with Gasteiger partial charge < -0.3 is 0 Å². The van der Waals surface area contributed by atoms with Crippen LogP contribution in [0.3, 0.4) is 0 Å². The second-order valence-corrected chi connectivity index (χ2v) is 12.1. The molecule has 0 unspecified atom stereocenters. The van der Waals surface area contributed by atoms with E-state index in [0.29, 0.717) is 0 Å². The summed E-state index contributed by atoms with van der Waals surface area (Å²) < 4.78 is 0. The Bertz CT molecular complexity index is 2510. The molecule has 0 spiro atoms. The topological polar surface area (TPSA) is 0 Å². The lowest BCUT2D eigenvalue weighted by Gasteiger charge is -2.21. The largest absolute Gasteiger partial charge is 0.0622 e. The summed E-state index contributed by atoms with van der Waals surface area (Å²) in [6, 6.07) is 66.6. The molecule has 0 aliphatic carbocycles. The van der Waals surface area contributed by atoms with Crippen LogP contribution in [0.4, 0.5) is 0 Å². The Hall–Kier alpha value is -5.98. The van der Waals surface area contributed by atoms with Gasteiger partial charge in [0.1, 0.15) is 0 Å². The molecule has 9 rings (SSSR count). The highest BCUT2D eigenvalue weighted by Crippen LogP contribution is 2.47. The number of benzene rings is 9. The van der Waals surface area contributed by atoms with Crippen LogP contribution in [0.1, 0.15) is 0 Å². The molecule has 0 aromatic heterocycles. The van der Waals surface area contributed by atoms with Crippen molar-refractivity contribution in [2.24, 2.45) is 0 Å². The minimum atomic E-state index is 1.22. The van der Waals surface area contributed by atoms with Crippen LogP contribution in [0, 0.1) is 0 Å². The van der Waals surface area contributed by atoms with Crippen LogP contribution in [-0.4, -0.2) is 0 Å². The molecule has 0 bridgehead atoms. The van der Waals surface area contributed by atoms with E-state index in [2.05, 4.69) is 182 Å². The van der Waals surface area contributed by atoms with E-state index in [1.54, 1.807) is 0 Å². The van der Waals surface area contributed by atoms with Crippen LogP contribution in [0.15, 0.2) is 182 Å². The second-order valence-electron chi connectivity index (χ2n) is 12.1. The molecule has 0 heteroatoms. The van der Waals surface area contributed by atoms with Crippen LogP contribution < -0.4 is 0 Å². The Morgan fingerprint density at radius 2 is 0.739 bits per heavy atom. The highest BCUT2D eigenvalue weighted by Gasteiger charge is 2.20. The predicted molar refractivity (Wildman–Crippen MR) is 198 cm³/mol. The van der Waals surface area contributed by atoms with E-state index < -0.39 is 0 Å². The van der Waals surface area contributed by atoms with E-state index in [9.17, 15) is 0 Å². The maximum atomic E-state index is 2.43. The third kappa shape index (κ3) is 4.30. The maximum Gasteiger partial charge on any atom is -0.00199 e. The molecule has 0 fully saturated rings. The van der Waals surface area contributed by atoms with Gasteiger partial charge >= 0.3 is 0 Å². The van der Waals surface area contributed by atoms with Crippen molar-refractivity contribution >= 4 is 43.1 Å². The molecule has 0 aliphatic rings. The van der Waals surface area contributed by atoms with Gasteiger partial charge in [-0.1, -0.05) is 170 Å². The average molecular weight is 583 g/mol. The average Bonchev–Trinajstić information content (AvgIpc) is 3.13. The van der Waals surface area contributed by atoms with E-state index in [1.165, 1.54) is 87.6 Å². The summed E-state index contributed by atoms with van der Waals surface area (Å²) in [7, 11) is 0. The molecule has 0 radical (unpaired) electrons. The molecule has 0 saturated carbocycles. The van der Waals surface area contributed by atoms with Gasteiger partial charge in [-0.15, -0.1) is 0 Å². The van der Waals surface area contributed by atoms with Crippen molar-refractivity contribution in [1.82, 2.24) is 0 Å². The molecular formula is C46H30. The van der Waals surface area contributed by atoms with Crippen molar-refractivity contribution in [3.63, 3.8) is 0 Å². The van der Waals surface area contributed by atoms with Gasteiger partial charge in [0, 0.05) is 0 Å². The molecule has 0 heterocycles. The van der Waals surface area contributed by atoms with E-state index in [0.717, 1.165) is 0 Å². The molecule has 0 amide bonds. The molecule has 9 aromatic carbocycles. The summed E-state index contributed by atoms with van der Waals surface area (Å²) in [5.41, 5.74) is 9.96. The lowest BCUT2D eigenvalue weighted by Crippen LogP contribution is -1.94. The first-order valence-corrected chi connectivity index (χ1v) is 15.9. The number of hydrogen-bond donors (Lipinski definition) is 0. The molecule has 0 atom stereocenters. The van der Waals surface area contributed by atoms with Gasteiger partial charge in [-0.05, 0) is 99.7 Å². The molecule has 0 nitrogen and oxygen atoms in total. The Labute approximate surface area is 268 Å². The van der Waals surface area contributed by atoms with Crippen molar-refractivity contribution in [2.45, 2.75) is 0 Å². The van der Waals surface area contributed by atoms with Crippen LogP contribution in [0.2, 0.25) is 0 Å². The zero-order valence-electron chi connectivity index (χ0n) is 25.3. The third-order valence-electron chi connectivity index (χ3n) is 9.44. The van der Waals surface area contributed by atoms with E-state index >= 15 is 0 Å². The highest BCUT2D eigenvalue weighted by molar-refractivity contribution is 6.22. The summed E-state index contributed by atoms with van der Waals surface area (Å²) in [6.07, 6.45) is 0. The van der Waals surface area contributed by atoms with Crippen molar-refractivity contribution < 1.29 is 0 Å². The van der Waals surface area contributed by atoms with Crippen LogP contribution in [0.5, 0.6) is 0 Å². The van der Waals surface area contributed by atoms with Crippen LogP contribution in [-0.2, 0) is 0 Å². The first-order chi connectivity index (χ1) is 22.8. The lowest BCUT2D eigenvalue weighted by atomic mass is 9.82. The van der Waals surface area contributed by atoms with Crippen LogP contribution in [0.25, 0.3) is 87.6 Å². The van der Waals surface area contributed by atoms with Crippen molar-refractivity contribution in [3.05, 3.63) is 182 Å². The van der Waals surface area contributed by atoms with Crippen molar-refractivity contribution in [3.8, 4) is 44.5 Å². The van der Waals surface area contributed by atoms with Gasteiger partial charge in [0.2, 0.25) is 0 Å². The summed E-state index contributed by atoms with van der Waals surface area (Å²) in [4.78, 5) is 0. The minimum absolute atomic E-state index is 1.22. The van der Waals surface area contributed by atoms with E-state index in [1.807, 2.05) is 0 Å². The van der Waals surface area contributed by atoms with E-state index in [-0.39, 0.29) is 0 Å². The van der Waals surface area contributed by atoms with Gasteiger partial charge in [0.15, 0.2) is 0 Å². The zero-order chi connectivity index (χ0) is 30.5. The zero-order valence-corrected chi connectivity index (χ0v) is 25.3. The minimum Gasteiger partial charge on any atom is -0.0622 e. The quantitative estimate of drug-likeness (QED) is 0.181. The Kier molecular flexibility index (Phi) is 6.25. The monoisotopic (exact) mass is 582 g/mol. The summed E-state index contributed by atoms with van der Waals surface area (Å²) in [6.45, 7) is 0. The normalized spacial score (nSPS) is 11.5. The lowest BCUT2D eigenvalue weighted by molar-refractivity contribution is 1.60. The maximum absolute atomic E-state index is 2.43. The number of hydrogen-bond acceptors (Lipinski definition) is 0. The van der Waals surface area contributed by atoms with Gasteiger partial charge in [0.05, 0.1) is 0 Å². The summed E-state index contributed by atoms with van der Waals surface area (Å²) in [5, 5.41) is 10.1. The van der Waals surface area contributed by atoms with Crippen molar-refractivity contribution in [2.75, 3.05) is 0 Å². The number of rotatable bonds is 4. The SMILES string of the molecule is c1ccc(-c2c3ccccc3c(-c3cc(-c4cccc5ccccc45)ccc3-c3ccc4ccccc4c3)c3ccccc23)cc1. The van der Waals surface area contributed by atoms with Crippen LogP contribution >= 0.6 is 0 Å². The molecule has 0 saturated heterocycles. The first kappa shape index (κ1) is 26.4. The van der Waals surface area contributed by atoms with Crippen molar-refractivity contribution in [1.29, 1.82) is 0 Å². The number of fused-ring (bicyclic) bond motifs is 4. The van der Waals surface area contributed by atoms with E-state index in [4.69, 9.17) is 0 Å². The Balaban J connectivity index is 1.41. The fraction of sp³-hybridized carbons (Fsp3) is 0. The second kappa shape index (κ2) is 10.9. The smallest absolute Gasteiger partial charge is 0.00199 e. The standard InChI is InChI=1S/C46H30/c1-2-15-33(16-3-1)45-40-20-8-10-22-42(40)46(43-23-11-9-21-41(43)45)44-30-36(38-24-12-18-32-14-6-7-19-37(32)38)27-28-39(44)35-26-25-31-13-4-5-17-34(31)29-35/h1-30H. The molecule has 0 aliphatic heterocycles. The van der Waals surface area contributed by atoms with Gasteiger partial charge in [-0.2, -0.15) is 0 Å². The fourth-order valence-electron chi connectivity index (χ4n) is 7.34. The third-order valence-corrected chi connectivity index (χ3v) is 9.44. The Morgan fingerprint density at radius 3 is 1.46 bits per heavy atom. The molecule has 9 aromatic rings. The Morgan fingerprint density at radius 1 is 0.217 bits per heavy atom. The molecular weight excluding hydrogens is 553 g/mol. The molecule has 46 heavy (non-hydrogen) atoms. The highest BCUT2D eigenvalue weighted by atomic mass is 14.2. The summed E-state index contributed by atoms with van der Waals surface area (Å²) in [5.74, 6) is 0. The molecule has 0 N–H and O–H groups in total. The van der Waals surface area contributed by atoms with Gasteiger partial charge in [-0.3, -0.25) is 0 Å². The molecule has 214 valence electrons. The van der Waals surface area contributed by atoms with Gasteiger partial charge in [-0.25, -0.2) is 0 Å². The summed E-state index contributed by atoms with van der Waals surface area (Å²) >= 11 is 0. The predicted octanol–water partition coefficient (Wildman–Crippen LogP) is 13.0. The van der Waals surface area contributed by atoms with Gasteiger partial charge in [0.25, 0.3) is 0 Å². The first-order valence-electron chi connectivity index (χ1n) is 15.9.